The quantitative estimate of drug-likeness (QED) is 0.714. The summed E-state index contributed by atoms with van der Waals surface area (Å²) in [5, 5.41) is 0. The van der Waals surface area contributed by atoms with Gasteiger partial charge in [0, 0.05) is 13.1 Å². The van der Waals surface area contributed by atoms with Crippen LogP contribution in [0.2, 0.25) is 0 Å². The number of nitrogens with one attached hydrogen (secondary N) is 1. The lowest BCUT2D eigenvalue weighted by atomic mass is 10.4. The minimum atomic E-state index is -5.63. The minimum absolute atomic E-state index is 0.0548. The van der Waals surface area contributed by atoms with Crippen molar-refractivity contribution in [1.29, 1.82) is 0 Å². The number of carbonyl (C=O) groups is 1. The van der Waals surface area contributed by atoms with E-state index in [1.807, 2.05) is 0 Å². The van der Waals surface area contributed by atoms with Crippen molar-refractivity contribution in [1.82, 2.24) is 9.62 Å². The zero-order valence-corrected chi connectivity index (χ0v) is 8.77. The molecule has 0 aromatic heterocycles. The van der Waals surface area contributed by atoms with Crippen molar-refractivity contribution >= 4 is 16.1 Å². The highest BCUT2D eigenvalue weighted by atomic mass is 32.2. The number of sulfonamides is 1. The SMILES string of the molecule is O=C(NS(=O)(=O)C(F)(F)F)N1CCOCC1. The maximum Gasteiger partial charge on any atom is 0.516 e. The molecule has 0 saturated carbocycles. The highest BCUT2D eigenvalue weighted by Crippen LogP contribution is 2.21. The molecule has 2 amide bonds. The van der Waals surface area contributed by atoms with Crippen LogP contribution in [-0.4, -0.2) is 51.2 Å². The smallest absolute Gasteiger partial charge is 0.378 e. The van der Waals surface area contributed by atoms with Gasteiger partial charge in [0.1, 0.15) is 0 Å². The average molecular weight is 262 g/mol. The molecule has 1 heterocycles. The van der Waals surface area contributed by atoms with Crippen LogP contribution in [0.1, 0.15) is 0 Å². The van der Waals surface area contributed by atoms with E-state index in [2.05, 4.69) is 0 Å². The zero-order chi connectivity index (χ0) is 12.4. The highest BCUT2D eigenvalue weighted by molar-refractivity contribution is 7.90. The number of rotatable bonds is 1. The zero-order valence-electron chi connectivity index (χ0n) is 7.95. The fourth-order valence-electron chi connectivity index (χ4n) is 1.00. The molecule has 0 aromatic carbocycles. The topological polar surface area (TPSA) is 75.7 Å². The Bertz CT molecular complexity index is 360. The van der Waals surface area contributed by atoms with Gasteiger partial charge >= 0.3 is 21.6 Å². The van der Waals surface area contributed by atoms with Gasteiger partial charge < -0.3 is 9.64 Å². The van der Waals surface area contributed by atoms with Crippen LogP contribution in [0.3, 0.4) is 0 Å². The summed E-state index contributed by atoms with van der Waals surface area (Å²) in [6, 6.07) is -1.29. The second kappa shape index (κ2) is 4.45. The molecule has 1 saturated heterocycles. The van der Waals surface area contributed by atoms with Crippen LogP contribution < -0.4 is 4.72 Å². The van der Waals surface area contributed by atoms with Gasteiger partial charge in [0.15, 0.2) is 0 Å². The van der Waals surface area contributed by atoms with Crippen LogP contribution in [0.4, 0.5) is 18.0 Å². The first kappa shape index (κ1) is 13.0. The summed E-state index contributed by atoms with van der Waals surface area (Å²) in [5.74, 6) is 0. The monoisotopic (exact) mass is 262 g/mol. The molecular weight excluding hydrogens is 253 g/mol. The standard InChI is InChI=1S/C6H9F3N2O4S/c7-6(8,9)16(13,14)10-5(12)11-1-3-15-4-2-11/h1-4H2,(H,10,12). The Hall–Kier alpha value is -1.03. The van der Waals surface area contributed by atoms with Crippen molar-refractivity contribution in [3.05, 3.63) is 0 Å². The molecular formula is C6H9F3N2O4S. The number of ether oxygens (including phenoxy) is 1. The number of hydrogen-bond donors (Lipinski definition) is 1. The third kappa shape index (κ3) is 2.98. The van der Waals surface area contributed by atoms with Crippen LogP contribution in [0.5, 0.6) is 0 Å². The van der Waals surface area contributed by atoms with E-state index >= 15 is 0 Å². The van der Waals surface area contributed by atoms with Crippen molar-refractivity contribution in [2.75, 3.05) is 26.3 Å². The van der Waals surface area contributed by atoms with Crippen molar-refractivity contribution in [3.8, 4) is 0 Å². The molecule has 0 bridgehead atoms. The van der Waals surface area contributed by atoms with E-state index in [1.54, 1.807) is 0 Å². The van der Waals surface area contributed by atoms with E-state index in [9.17, 15) is 26.4 Å². The Morgan fingerprint density at radius 1 is 1.25 bits per heavy atom. The van der Waals surface area contributed by atoms with E-state index in [0.717, 1.165) is 9.62 Å². The molecule has 1 fully saturated rings. The second-order valence-electron chi connectivity index (χ2n) is 2.96. The molecule has 1 rings (SSSR count). The predicted octanol–water partition coefficient (Wildman–Crippen LogP) is -0.122. The van der Waals surface area contributed by atoms with E-state index < -0.39 is 21.6 Å². The normalized spacial score (nSPS) is 18.3. The van der Waals surface area contributed by atoms with Gasteiger partial charge in [-0.05, 0) is 0 Å². The highest BCUT2D eigenvalue weighted by Gasteiger charge is 2.47. The molecule has 1 aliphatic heterocycles. The summed E-state index contributed by atoms with van der Waals surface area (Å²) < 4.78 is 62.7. The fourth-order valence-corrected chi connectivity index (χ4v) is 1.48. The van der Waals surface area contributed by atoms with Crippen LogP contribution in [0.25, 0.3) is 0 Å². The first-order chi connectivity index (χ1) is 7.24. The van der Waals surface area contributed by atoms with Gasteiger partial charge in [-0.25, -0.2) is 9.52 Å². The van der Waals surface area contributed by atoms with Gasteiger partial charge in [0.2, 0.25) is 0 Å². The number of nitrogens with zero attached hydrogens (tertiary/aromatic N) is 1. The van der Waals surface area contributed by atoms with E-state index in [-0.39, 0.29) is 26.3 Å². The van der Waals surface area contributed by atoms with Crippen LogP contribution in [0.15, 0.2) is 0 Å². The predicted molar refractivity (Wildman–Crippen MR) is 45.9 cm³/mol. The Morgan fingerprint density at radius 3 is 2.19 bits per heavy atom. The van der Waals surface area contributed by atoms with Crippen molar-refractivity contribution in [2.45, 2.75) is 5.51 Å². The number of amides is 2. The molecule has 1 N–H and O–H groups in total. The minimum Gasteiger partial charge on any atom is -0.378 e. The Morgan fingerprint density at radius 2 is 1.75 bits per heavy atom. The molecule has 0 spiro atoms. The van der Waals surface area contributed by atoms with Crippen molar-refractivity contribution in [2.24, 2.45) is 0 Å². The van der Waals surface area contributed by atoms with Crippen molar-refractivity contribution in [3.63, 3.8) is 0 Å². The van der Waals surface area contributed by atoms with E-state index in [4.69, 9.17) is 4.74 Å². The third-order valence-corrected chi connectivity index (χ3v) is 2.88. The van der Waals surface area contributed by atoms with E-state index in [0.29, 0.717) is 0 Å². The number of alkyl halides is 3. The maximum atomic E-state index is 11.9. The average Bonchev–Trinajstić information content (AvgIpc) is 2.16. The summed E-state index contributed by atoms with van der Waals surface area (Å²) in [4.78, 5) is 12.1. The van der Waals surface area contributed by atoms with Crippen molar-refractivity contribution < 1.29 is 31.1 Å². The van der Waals surface area contributed by atoms with Gasteiger partial charge in [0.05, 0.1) is 13.2 Å². The van der Waals surface area contributed by atoms with Crippen LogP contribution in [0, 0.1) is 0 Å². The number of morpholine rings is 1. The number of carbonyl (C=O) groups excluding carboxylic acids is 1. The number of urea groups is 1. The Balaban J connectivity index is 2.64. The van der Waals surface area contributed by atoms with Gasteiger partial charge in [-0.1, -0.05) is 0 Å². The summed E-state index contributed by atoms with van der Waals surface area (Å²) in [5.41, 5.74) is -5.49. The summed E-state index contributed by atoms with van der Waals surface area (Å²) >= 11 is 0. The van der Waals surface area contributed by atoms with Gasteiger partial charge in [-0.2, -0.15) is 21.6 Å². The van der Waals surface area contributed by atoms with Crippen LogP contribution in [-0.2, 0) is 14.8 Å². The molecule has 6 nitrogen and oxygen atoms in total. The molecule has 0 atom stereocenters. The lowest BCUT2D eigenvalue weighted by molar-refractivity contribution is -0.0446. The third-order valence-electron chi connectivity index (χ3n) is 1.82. The van der Waals surface area contributed by atoms with Crippen LogP contribution >= 0.6 is 0 Å². The number of hydrogen-bond acceptors (Lipinski definition) is 4. The molecule has 16 heavy (non-hydrogen) atoms. The number of halogens is 3. The molecule has 0 aromatic rings. The maximum absolute atomic E-state index is 11.9. The molecule has 0 aliphatic carbocycles. The first-order valence-electron chi connectivity index (χ1n) is 4.20. The Labute approximate surface area is 89.4 Å². The summed E-state index contributed by atoms with van der Waals surface area (Å²) in [6.45, 7) is 0.442. The van der Waals surface area contributed by atoms with Gasteiger partial charge in [-0.3, -0.25) is 0 Å². The molecule has 0 unspecified atom stereocenters. The summed E-state index contributed by atoms with van der Waals surface area (Å²) in [7, 11) is -5.63. The first-order valence-corrected chi connectivity index (χ1v) is 5.68. The molecule has 0 radical (unpaired) electrons. The molecule has 10 heteroatoms. The Kier molecular flexibility index (Phi) is 3.63. The second-order valence-corrected chi connectivity index (χ2v) is 4.63. The molecule has 94 valence electrons. The molecule has 1 aliphatic rings. The van der Waals surface area contributed by atoms with Gasteiger partial charge in [-0.15, -0.1) is 0 Å². The fraction of sp³-hybridized carbons (Fsp3) is 0.833. The lowest BCUT2D eigenvalue weighted by Gasteiger charge is -2.26. The summed E-state index contributed by atoms with van der Waals surface area (Å²) in [6.07, 6.45) is 0. The van der Waals surface area contributed by atoms with Gasteiger partial charge in [0.25, 0.3) is 0 Å². The lowest BCUT2D eigenvalue weighted by Crippen LogP contribution is -2.50. The van der Waals surface area contributed by atoms with E-state index in [1.165, 1.54) is 0 Å². The largest absolute Gasteiger partial charge is 0.516 e.